The second kappa shape index (κ2) is 6.14. The summed E-state index contributed by atoms with van der Waals surface area (Å²) in [5, 5.41) is 0. The Labute approximate surface area is 130 Å². The van der Waals surface area contributed by atoms with Crippen molar-refractivity contribution in [1.29, 1.82) is 0 Å². The van der Waals surface area contributed by atoms with Gasteiger partial charge in [0.1, 0.15) is 6.10 Å². The summed E-state index contributed by atoms with van der Waals surface area (Å²) in [6.45, 7) is 11.1. The molecular formula is C19H32O2. The van der Waals surface area contributed by atoms with Crippen molar-refractivity contribution in [2.24, 2.45) is 16.7 Å². The van der Waals surface area contributed by atoms with Gasteiger partial charge in [0.05, 0.1) is 0 Å². The molecule has 21 heavy (non-hydrogen) atoms. The average molecular weight is 292 g/mol. The fraction of sp³-hybridized carbons (Fsp3) is 0.842. The molecule has 2 nitrogen and oxygen atoms in total. The van der Waals surface area contributed by atoms with E-state index in [4.69, 9.17) is 4.74 Å². The van der Waals surface area contributed by atoms with E-state index in [0.717, 1.165) is 24.8 Å². The molecule has 0 aromatic rings. The minimum absolute atomic E-state index is 0.0962. The molecule has 2 aliphatic rings. The average Bonchev–Trinajstić information content (AvgIpc) is 2.76. The normalized spacial score (nSPS) is 34.2. The van der Waals surface area contributed by atoms with E-state index >= 15 is 0 Å². The van der Waals surface area contributed by atoms with Crippen LogP contribution in [0.1, 0.15) is 79.6 Å². The van der Waals surface area contributed by atoms with Crippen LogP contribution in [0.15, 0.2) is 11.6 Å². The highest BCUT2D eigenvalue weighted by Gasteiger charge is 2.62. The van der Waals surface area contributed by atoms with Crippen molar-refractivity contribution in [2.45, 2.75) is 85.7 Å². The van der Waals surface area contributed by atoms with Gasteiger partial charge in [-0.2, -0.15) is 0 Å². The smallest absolute Gasteiger partial charge is 0.333 e. The molecule has 0 aromatic heterocycles. The van der Waals surface area contributed by atoms with E-state index < -0.39 is 0 Å². The van der Waals surface area contributed by atoms with E-state index in [-0.39, 0.29) is 17.5 Å². The van der Waals surface area contributed by atoms with E-state index in [1.54, 1.807) is 0 Å². The first-order valence-corrected chi connectivity index (χ1v) is 8.70. The zero-order valence-electron chi connectivity index (χ0n) is 14.5. The molecule has 2 saturated carbocycles. The predicted molar refractivity (Wildman–Crippen MR) is 87.0 cm³/mol. The van der Waals surface area contributed by atoms with E-state index in [1.165, 1.54) is 25.7 Å². The SMILES string of the molecule is CCCCCC=C(C)C(=O)OC1C[C@H]2CC[C@@]1(C)C2(C)C. The third kappa shape index (κ3) is 2.91. The molecule has 0 aliphatic heterocycles. The standard InChI is InChI=1S/C19H32O2/c1-6-7-8-9-10-14(2)17(20)21-16-13-15-11-12-19(16,5)18(15,3)4/h10,15-16H,6-9,11-13H2,1-5H3/t15-,16?,19-/m1/s1. The quantitative estimate of drug-likeness (QED) is 0.378. The second-order valence-corrected chi connectivity index (χ2v) is 7.89. The van der Waals surface area contributed by atoms with Crippen LogP contribution in [0.25, 0.3) is 0 Å². The third-order valence-corrected chi connectivity index (χ3v) is 6.54. The monoisotopic (exact) mass is 292 g/mol. The third-order valence-electron chi connectivity index (χ3n) is 6.54. The van der Waals surface area contributed by atoms with Gasteiger partial charge in [-0.25, -0.2) is 4.79 Å². The van der Waals surface area contributed by atoms with Crippen LogP contribution >= 0.6 is 0 Å². The van der Waals surface area contributed by atoms with Gasteiger partial charge in [0.2, 0.25) is 0 Å². The van der Waals surface area contributed by atoms with Gasteiger partial charge < -0.3 is 4.74 Å². The molecule has 0 amide bonds. The van der Waals surface area contributed by atoms with Crippen molar-refractivity contribution in [3.05, 3.63) is 11.6 Å². The van der Waals surface area contributed by atoms with Crippen LogP contribution < -0.4 is 0 Å². The molecule has 1 unspecified atom stereocenters. The lowest BCUT2D eigenvalue weighted by Crippen LogP contribution is -2.38. The van der Waals surface area contributed by atoms with E-state index in [0.29, 0.717) is 11.3 Å². The molecule has 0 aromatic carbocycles. The zero-order chi connectivity index (χ0) is 15.7. The van der Waals surface area contributed by atoms with E-state index in [1.807, 2.05) is 6.92 Å². The highest BCUT2D eigenvalue weighted by Crippen LogP contribution is 2.66. The molecule has 2 aliphatic carbocycles. The Kier molecular flexibility index (Phi) is 4.85. The van der Waals surface area contributed by atoms with Crippen molar-refractivity contribution in [3.8, 4) is 0 Å². The molecule has 0 spiro atoms. The van der Waals surface area contributed by atoms with Crippen LogP contribution in [0.4, 0.5) is 0 Å². The van der Waals surface area contributed by atoms with E-state index in [9.17, 15) is 4.79 Å². The zero-order valence-corrected chi connectivity index (χ0v) is 14.5. The lowest BCUT2D eigenvalue weighted by atomic mass is 9.70. The number of esters is 1. The first kappa shape index (κ1) is 16.6. The number of allylic oxidation sites excluding steroid dienone is 1. The Morgan fingerprint density at radius 3 is 2.52 bits per heavy atom. The number of carbonyl (C=O) groups is 1. The number of rotatable bonds is 6. The first-order valence-electron chi connectivity index (χ1n) is 8.70. The highest BCUT2D eigenvalue weighted by molar-refractivity contribution is 5.87. The minimum Gasteiger partial charge on any atom is -0.458 e. The summed E-state index contributed by atoms with van der Waals surface area (Å²) in [5.74, 6) is 0.621. The molecule has 2 rings (SSSR count). The van der Waals surface area contributed by atoms with Crippen LogP contribution in [0.5, 0.6) is 0 Å². The molecule has 2 heteroatoms. The molecule has 0 radical (unpaired) electrons. The Bertz CT molecular complexity index is 421. The summed E-state index contributed by atoms with van der Waals surface area (Å²) in [4.78, 5) is 12.3. The van der Waals surface area contributed by atoms with Crippen LogP contribution in [-0.4, -0.2) is 12.1 Å². The maximum absolute atomic E-state index is 12.3. The van der Waals surface area contributed by atoms with Crippen molar-refractivity contribution in [3.63, 3.8) is 0 Å². The summed E-state index contributed by atoms with van der Waals surface area (Å²) in [6, 6.07) is 0. The summed E-state index contributed by atoms with van der Waals surface area (Å²) >= 11 is 0. The largest absolute Gasteiger partial charge is 0.458 e. The maximum atomic E-state index is 12.3. The Morgan fingerprint density at radius 2 is 2.00 bits per heavy atom. The van der Waals surface area contributed by atoms with Crippen molar-refractivity contribution in [2.75, 3.05) is 0 Å². The second-order valence-electron chi connectivity index (χ2n) is 7.89. The summed E-state index contributed by atoms with van der Waals surface area (Å²) in [7, 11) is 0. The maximum Gasteiger partial charge on any atom is 0.333 e. The lowest BCUT2D eigenvalue weighted by Gasteiger charge is -2.38. The van der Waals surface area contributed by atoms with Crippen LogP contribution in [0.2, 0.25) is 0 Å². The highest BCUT2D eigenvalue weighted by atomic mass is 16.5. The van der Waals surface area contributed by atoms with Crippen LogP contribution in [-0.2, 0) is 9.53 Å². The minimum atomic E-state index is -0.0962. The number of fused-ring (bicyclic) bond motifs is 2. The number of carbonyl (C=O) groups excluding carboxylic acids is 1. The number of ether oxygens (including phenoxy) is 1. The van der Waals surface area contributed by atoms with Gasteiger partial charge in [0, 0.05) is 11.0 Å². The fourth-order valence-corrected chi connectivity index (χ4v) is 4.33. The molecular weight excluding hydrogens is 260 g/mol. The molecule has 0 N–H and O–H groups in total. The van der Waals surface area contributed by atoms with Gasteiger partial charge in [0.25, 0.3) is 0 Å². The Morgan fingerprint density at radius 1 is 1.29 bits per heavy atom. The Balaban J connectivity index is 1.92. The molecule has 0 saturated heterocycles. The van der Waals surface area contributed by atoms with Gasteiger partial charge in [-0.15, -0.1) is 0 Å². The Hall–Kier alpha value is -0.790. The van der Waals surface area contributed by atoms with Crippen molar-refractivity contribution >= 4 is 5.97 Å². The molecule has 2 fully saturated rings. The van der Waals surface area contributed by atoms with Crippen molar-refractivity contribution < 1.29 is 9.53 Å². The van der Waals surface area contributed by atoms with Gasteiger partial charge in [-0.1, -0.05) is 46.6 Å². The molecule has 2 bridgehead atoms. The summed E-state index contributed by atoms with van der Waals surface area (Å²) in [5.41, 5.74) is 1.25. The number of unbranched alkanes of at least 4 members (excludes halogenated alkanes) is 3. The lowest BCUT2D eigenvalue weighted by molar-refractivity contribution is -0.152. The number of hydrogen-bond donors (Lipinski definition) is 0. The predicted octanol–water partition coefficient (Wildman–Crippen LogP) is 5.27. The number of hydrogen-bond acceptors (Lipinski definition) is 2. The van der Waals surface area contributed by atoms with Gasteiger partial charge in [-0.3, -0.25) is 0 Å². The summed E-state index contributed by atoms with van der Waals surface area (Å²) in [6.07, 6.45) is 10.3. The molecule has 0 heterocycles. The summed E-state index contributed by atoms with van der Waals surface area (Å²) < 4.78 is 5.90. The first-order chi connectivity index (χ1) is 9.83. The van der Waals surface area contributed by atoms with Gasteiger partial charge in [-0.05, 0) is 50.4 Å². The fourth-order valence-electron chi connectivity index (χ4n) is 4.33. The molecule has 120 valence electrons. The van der Waals surface area contributed by atoms with Crippen LogP contribution in [0, 0.1) is 16.7 Å². The van der Waals surface area contributed by atoms with E-state index in [2.05, 4.69) is 33.8 Å². The topological polar surface area (TPSA) is 26.3 Å². The van der Waals surface area contributed by atoms with Crippen molar-refractivity contribution in [1.82, 2.24) is 0 Å². The molecule has 3 atom stereocenters. The van der Waals surface area contributed by atoms with Gasteiger partial charge in [0.15, 0.2) is 0 Å². The van der Waals surface area contributed by atoms with Crippen LogP contribution in [0.3, 0.4) is 0 Å². The van der Waals surface area contributed by atoms with Gasteiger partial charge >= 0.3 is 5.97 Å².